The second-order valence-corrected chi connectivity index (χ2v) is 8.60. The number of carboxylic acids is 2. The molecule has 8 nitrogen and oxygen atoms in total. The van der Waals surface area contributed by atoms with Crippen molar-refractivity contribution in [2.24, 2.45) is 0 Å². The van der Waals surface area contributed by atoms with Crippen LogP contribution in [0.25, 0.3) is 21.5 Å². The van der Waals surface area contributed by atoms with E-state index in [9.17, 15) is 29.4 Å². The minimum absolute atomic E-state index is 0.251. The Morgan fingerprint density at radius 1 is 0.722 bits per heavy atom. The molecule has 36 heavy (non-hydrogen) atoms. The van der Waals surface area contributed by atoms with Crippen molar-refractivity contribution in [1.82, 2.24) is 4.90 Å². The minimum atomic E-state index is -1.31. The van der Waals surface area contributed by atoms with Crippen LogP contribution in [0.3, 0.4) is 0 Å². The van der Waals surface area contributed by atoms with Gasteiger partial charge in [0, 0.05) is 24.2 Å². The molecule has 1 heterocycles. The van der Waals surface area contributed by atoms with Crippen molar-refractivity contribution in [1.29, 1.82) is 0 Å². The summed E-state index contributed by atoms with van der Waals surface area (Å²) in [5.74, 6) is -3.16. The van der Waals surface area contributed by atoms with Crippen molar-refractivity contribution < 1.29 is 29.4 Å². The lowest BCUT2D eigenvalue weighted by Gasteiger charge is -2.16. The summed E-state index contributed by atoms with van der Waals surface area (Å²) in [4.78, 5) is 50.0. The molecule has 5 rings (SSSR count). The number of amides is 2. The fraction of sp³-hybridized carbons (Fsp3) is 0.143. The van der Waals surface area contributed by atoms with Gasteiger partial charge in [-0.25, -0.2) is 9.59 Å². The number of fused-ring (bicyclic) bond motifs is 4. The average Bonchev–Trinajstić information content (AvgIpc) is 3.12. The summed E-state index contributed by atoms with van der Waals surface area (Å²) in [6.07, 6.45) is 1.24. The average molecular weight is 482 g/mol. The number of aromatic carboxylic acids is 2. The molecule has 0 bridgehead atoms. The van der Waals surface area contributed by atoms with Crippen LogP contribution in [-0.2, 0) is 0 Å². The molecule has 0 fully saturated rings. The van der Waals surface area contributed by atoms with E-state index in [2.05, 4.69) is 5.32 Å². The van der Waals surface area contributed by atoms with E-state index in [4.69, 9.17) is 0 Å². The predicted molar refractivity (Wildman–Crippen MR) is 135 cm³/mol. The third kappa shape index (κ3) is 3.82. The van der Waals surface area contributed by atoms with Gasteiger partial charge in [-0.1, -0.05) is 42.5 Å². The quantitative estimate of drug-likeness (QED) is 0.186. The molecule has 0 radical (unpaired) electrons. The maximum Gasteiger partial charge on any atom is 0.337 e. The SMILES string of the molecule is O=C(O)c1ccc2c(cc(NCCCCN3C(=O)c4ccccc4C3=O)c3ccccc32)c1C(=O)O. The summed E-state index contributed by atoms with van der Waals surface area (Å²) >= 11 is 0. The molecule has 180 valence electrons. The number of anilines is 1. The number of benzene rings is 4. The number of hydrogen-bond donors (Lipinski definition) is 3. The van der Waals surface area contributed by atoms with E-state index >= 15 is 0 Å². The number of carbonyl (C=O) groups is 4. The van der Waals surface area contributed by atoms with E-state index in [1.807, 2.05) is 24.3 Å². The monoisotopic (exact) mass is 482 g/mol. The summed E-state index contributed by atoms with van der Waals surface area (Å²) < 4.78 is 0. The number of carbonyl (C=O) groups excluding carboxylic acids is 2. The van der Waals surface area contributed by atoms with Crippen LogP contribution in [0.1, 0.15) is 54.3 Å². The third-order valence-corrected chi connectivity index (χ3v) is 6.49. The molecule has 0 atom stereocenters. The lowest BCUT2D eigenvalue weighted by atomic mass is 9.93. The van der Waals surface area contributed by atoms with E-state index in [1.165, 1.54) is 11.0 Å². The lowest BCUT2D eigenvalue weighted by Crippen LogP contribution is -2.30. The number of unbranched alkanes of at least 4 members (excludes halogenated alkanes) is 1. The van der Waals surface area contributed by atoms with Crippen molar-refractivity contribution in [3.05, 3.63) is 89.0 Å². The molecule has 8 heteroatoms. The van der Waals surface area contributed by atoms with Crippen LogP contribution in [0, 0.1) is 0 Å². The van der Waals surface area contributed by atoms with E-state index < -0.39 is 11.9 Å². The topological polar surface area (TPSA) is 124 Å². The van der Waals surface area contributed by atoms with Gasteiger partial charge < -0.3 is 15.5 Å². The number of imide groups is 1. The molecule has 0 saturated carbocycles. The molecular weight excluding hydrogens is 460 g/mol. The van der Waals surface area contributed by atoms with Crippen LogP contribution in [0.2, 0.25) is 0 Å². The zero-order valence-electron chi connectivity index (χ0n) is 19.2. The first-order chi connectivity index (χ1) is 17.4. The first kappa shape index (κ1) is 23.0. The Morgan fingerprint density at radius 2 is 1.33 bits per heavy atom. The Bertz CT molecular complexity index is 1540. The van der Waals surface area contributed by atoms with Crippen molar-refractivity contribution in [2.45, 2.75) is 12.8 Å². The van der Waals surface area contributed by atoms with Gasteiger partial charge in [0.15, 0.2) is 0 Å². The lowest BCUT2D eigenvalue weighted by molar-refractivity contribution is 0.0648. The molecular formula is C28H22N2O6. The Morgan fingerprint density at radius 3 is 1.97 bits per heavy atom. The fourth-order valence-corrected chi connectivity index (χ4v) is 4.79. The molecule has 4 aromatic rings. The first-order valence-electron chi connectivity index (χ1n) is 11.5. The normalized spacial score (nSPS) is 12.8. The maximum atomic E-state index is 12.5. The highest BCUT2D eigenvalue weighted by Gasteiger charge is 2.34. The van der Waals surface area contributed by atoms with Crippen LogP contribution in [0.4, 0.5) is 5.69 Å². The summed E-state index contributed by atoms with van der Waals surface area (Å²) in [5.41, 5.74) is 1.02. The number of rotatable bonds is 8. The molecule has 0 saturated heterocycles. The minimum Gasteiger partial charge on any atom is -0.478 e. The smallest absolute Gasteiger partial charge is 0.337 e. The van der Waals surface area contributed by atoms with Gasteiger partial charge in [-0.15, -0.1) is 0 Å². The van der Waals surface area contributed by atoms with Crippen LogP contribution in [0.5, 0.6) is 0 Å². The van der Waals surface area contributed by atoms with Crippen molar-refractivity contribution in [3.8, 4) is 0 Å². The van der Waals surface area contributed by atoms with E-state index in [0.29, 0.717) is 53.5 Å². The van der Waals surface area contributed by atoms with Gasteiger partial charge in [-0.3, -0.25) is 14.5 Å². The van der Waals surface area contributed by atoms with E-state index in [-0.39, 0.29) is 22.9 Å². The summed E-state index contributed by atoms with van der Waals surface area (Å²) in [5, 5.41) is 25.3. The zero-order chi connectivity index (χ0) is 25.4. The Labute approximate surface area is 205 Å². The number of nitrogens with one attached hydrogen (secondary N) is 1. The fourth-order valence-electron chi connectivity index (χ4n) is 4.79. The molecule has 0 aromatic heterocycles. The summed E-state index contributed by atoms with van der Waals surface area (Å²) in [7, 11) is 0. The largest absolute Gasteiger partial charge is 0.478 e. The van der Waals surface area contributed by atoms with Gasteiger partial charge in [0.25, 0.3) is 11.8 Å². The predicted octanol–water partition coefficient (Wildman–Crippen LogP) is 4.88. The third-order valence-electron chi connectivity index (χ3n) is 6.49. The molecule has 2 amide bonds. The van der Waals surface area contributed by atoms with Crippen LogP contribution in [-0.4, -0.2) is 52.0 Å². The molecule has 0 unspecified atom stereocenters. The van der Waals surface area contributed by atoms with Gasteiger partial charge in [-0.2, -0.15) is 0 Å². The van der Waals surface area contributed by atoms with Gasteiger partial charge >= 0.3 is 11.9 Å². The highest BCUT2D eigenvalue weighted by Crippen LogP contribution is 2.35. The van der Waals surface area contributed by atoms with Crippen molar-refractivity contribution >= 4 is 51.0 Å². The molecule has 1 aliphatic heterocycles. The van der Waals surface area contributed by atoms with Crippen molar-refractivity contribution in [3.63, 3.8) is 0 Å². The maximum absolute atomic E-state index is 12.5. The van der Waals surface area contributed by atoms with Gasteiger partial charge in [0.05, 0.1) is 22.3 Å². The summed E-state index contributed by atoms with van der Waals surface area (Å²) in [6, 6.07) is 18.9. The molecule has 3 N–H and O–H groups in total. The zero-order valence-corrected chi connectivity index (χ0v) is 19.2. The van der Waals surface area contributed by atoms with Gasteiger partial charge in [-0.05, 0) is 53.3 Å². The highest BCUT2D eigenvalue weighted by atomic mass is 16.4. The van der Waals surface area contributed by atoms with Crippen molar-refractivity contribution in [2.75, 3.05) is 18.4 Å². The van der Waals surface area contributed by atoms with Gasteiger partial charge in [0.2, 0.25) is 0 Å². The summed E-state index contributed by atoms with van der Waals surface area (Å²) in [6.45, 7) is 0.817. The standard InChI is InChI=1S/C28H22N2O6/c31-25-19-9-3-4-10-20(19)26(32)30(25)14-6-5-13-29-23-15-22-17(16-7-1-2-8-18(16)23)11-12-21(27(33)34)24(22)28(35)36/h1-4,7-12,15,29H,5-6,13-14H2,(H,33,34)(H,35,36). The Kier molecular flexibility index (Phi) is 5.85. The number of hydrogen-bond acceptors (Lipinski definition) is 5. The molecule has 0 aliphatic carbocycles. The molecule has 0 spiro atoms. The van der Waals surface area contributed by atoms with Gasteiger partial charge in [0.1, 0.15) is 0 Å². The van der Waals surface area contributed by atoms with E-state index in [0.717, 1.165) is 10.8 Å². The highest BCUT2D eigenvalue weighted by molar-refractivity contribution is 6.22. The number of carboxylic acid groups (broad SMARTS) is 2. The second-order valence-electron chi connectivity index (χ2n) is 8.60. The Balaban J connectivity index is 1.36. The van der Waals surface area contributed by atoms with Crippen LogP contribution in [0.15, 0.2) is 66.7 Å². The van der Waals surface area contributed by atoms with Crippen LogP contribution < -0.4 is 5.32 Å². The number of nitrogens with zero attached hydrogens (tertiary/aromatic N) is 1. The second kappa shape index (κ2) is 9.14. The molecule has 4 aromatic carbocycles. The molecule has 1 aliphatic rings. The Hall–Kier alpha value is -4.72. The van der Waals surface area contributed by atoms with Crippen LogP contribution >= 0.6 is 0 Å². The van der Waals surface area contributed by atoms with E-state index in [1.54, 1.807) is 36.4 Å². The first-order valence-corrected chi connectivity index (χ1v) is 11.5.